The van der Waals surface area contributed by atoms with Gasteiger partial charge >= 0.3 is 6.16 Å². The normalized spacial score (nSPS) is 10.6. The molecule has 0 atom stereocenters. The van der Waals surface area contributed by atoms with Gasteiger partial charge in [0.2, 0.25) is 0 Å². The first-order valence-electron chi connectivity index (χ1n) is 12.8. The van der Waals surface area contributed by atoms with Crippen molar-refractivity contribution in [2.45, 2.75) is 12.8 Å². The lowest BCUT2D eigenvalue weighted by Gasteiger charge is -2.14. The summed E-state index contributed by atoms with van der Waals surface area (Å²) in [5.74, 6) is -18.4. The number of carbonyl (C=O) groups is 1. The third-order valence-electron chi connectivity index (χ3n) is 6.58. The van der Waals surface area contributed by atoms with Crippen LogP contribution in [0.3, 0.4) is 0 Å². The van der Waals surface area contributed by atoms with E-state index in [0.717, 1.165) is 12.1 Å². The Morgan fingerprint density at radius 3 is 1.22 bits per heavy atom. The number of nitrogens with zero attached hydrogens (tertiary/aromatic N) is 8. The molecule has 4 aromatic carbocycles. The molecule has 0 radical (unpaired) electrons. The Balaban J connectivity index is 1.74. The minimum absolute atomic E-state index is 0.588. The van der Waals surface area contributed by atoms with Gasteiger partial charge in [-0.1, -0.05) is 10.2 Å². The number of nitro groups is 2. The zero-order valence-corrected chi connectivity index (χ0v) is 23.8. The molecule has 0 saturated heterocycles. The van der Waals surface area contributed by atoms with Crippen molar-refractivity contribution in [3.8, 4) is 11.5 Å². The molecule has 0 N–H and O–H groups in total. The second-order valence-electron chi connectivity index (χ2n) is 9.45. The van der Waals surface area contributed by atoms with Crippen LogP contribution in [0.25, 0.3) is 20.9 Å². The van der Waals surface area contributed by atoms with Crippen LogP contribution in [-0.4, -0.2) is 16.0 Å². The van der Waals surface area contributed by atoms with Crippen LogP contribution in [0, 0.1) is 66.8 Å². The van der Waals surface area contributed by atoms with Crippen molar-refractivity contribution in [2.24, 2.45) is 10.2 Å². The van der Waals surface area contributed by atoms with Crippen molar-refractivity contribution >= 4 is 28.9 Å². The summed E-state index contributed by atoms with van der Waals surface area (Å²) in [4.78, 5) is 37.6. The van der Waals surface area contributed by atoms with Crippen LogP contribution >= 0.6 is 0 Å². The lowest BCUT2D eigenvalue weighted by atomic mass is 10.0. The van der Waals surface area contributed by atoms with Gasteiger partial charge in [0.25, 0.3) is 11.4 Å². The lowest BCUT2D eigenvalue weighted by Crippen LogP contribution is -2.16. The van der Waals surface area contributed by atoms with Crippen molar-refractivity contribution in [1.29, 1.82) is 0 Å². The molecule has 0 aliphatic heterocycles. The van der Waals surface area contributed by atoms with Crippen molar-refractivity contribution < 1.29 is 59.2 Å². The van der Waals surface area contributed by atoms with Crippen LogP contribution in [0.2, 0.25) is 0 Å². The molecule has 4 rings (SSSR count). The SMILES string of the molecule is [N-]=[N+]=Nc1c(F)c(F)c(Cc2cc([N+](=O)[O-])ccc2OC(=O)Oc2ccc([N+](=O)[O-])cc2Cc2c(F)c(F)c(N=[N+]=[N-])c(F)c2F)c(F)c1F. The molecule has 23 heteroatoms. The van der Waals surface area contributed by atoms with E-state index in [2.05, 4.69) is 20.1 Å². The fourth-order valence-corrected chi connectivity index (χ4v) is 4.32. The van der Waals surface area contributed by atoms with Gasteiger partial charge in [-0.2, -0.15) is 0 Å². The molecule has 15 nitrogen and oxygen atoms in total. The zero-order chi connectivity index (χ0) is 37.0. The molecule has 0 saturated carbocycles. The average molecular weight is 710 g/mol. The summed E-state index contributed by atoms with van der Waals surface area (Å²) in [7, 11) is 0. The fraction of sp³-hybridized carbons (Fsp3) is 0.0741. The van der Waals surface area contributed by atoms with Gasteiger partial charge in [-0.3, -0.25) is 20.2 Å². The first-order chi connectivity index (χ1) is 23.6. The van der Waals surface area contributed by atoms with E-state index >= 15 is 0 Å². The predicted octanol–water partition coefficient (Wildman–Crippen LogP) is 9.26. The number of non-ortho nitro benzene ring substituents is 2. The van der Waals surface area contributed by atoms with Crippen LogP contribution in [-0.2, 0) is 12.8 Å². The summed E-state index contributed by atoms with van der Waals surface area (Å²) < 4.78 is 126. The molecular formula is C27H10F8N8O7. The largest absolute Gasteiger partial charge is 0.519 e. The van der Waals surface area contributed by atoms with Crippen molar-refractivity contribution in [1.82, 2.24) is 0 Å². The van der Waals surface area contributed by atoms with E-state index < -0.39 is 132 Å². The molecule has 0 aliphatic carbocycles. The molecule has 50 heavy (non-hydrogen) atoms. The molecule has 4 aromatic rings. The molecule has 0 spiro atoms. The summed E-state index contributed by atoms with van der Waals surface area (Å²) in [6.07, 6.45) is -4.31. The molecule has 0 amide bonds. The van der Waals surface area contributed by atoms with E-state index in [4.69, 9.17) is 20.5 Å². The number of rotatable bonds is 10. The van der Waals surface area contributed by atoms with Crippen LogP contribution < -0.4 is 9.47 Å². The first-order valence-corrected chi connectivity index (χ1v) is 12.8. The van der Waals surface area contributed by atoms with Crippen molar-refractivity contribution in [2.75, 3.05) is 0 Å². The van der Waals surface area contributed by atoms with Gasteiger partial charge < -0.3 is 9.47 Å². The Bertz CT molecular complexity index is 2020. The van der Waals surface area contributed by atoms with Gasteiger partial charge in [0.15, 0.2) is 46.5 Å². The standard InChI is InChI=1S/C27H10F8N8O7/c28-17-13(18(29)22(33)25(21(17)32)38-40-36)7-9-5-11(42(45)46)1-3-15(9)49-27(44)50-16-4-2-12(43(47)48)6-10(16)8-14-19(30)23(34)26(39-41-37)24(35)20(14)31/h1-6H,7-8H2. The van der Waals surface area contributed by atoms with E-state index in [-0.39, 0.29) is 0 Å². The summed E-state index contributed by atoms with van der Waals surface area (Å²) in [5.41, 5.74) is 7.82. The lowest BCUT2D eigenvalue weighted by molar-refractivity contribution is -0.385. The number of hydrogen-bond acceptors (Lipinski definition) is 9. The van der Waals surface area contributed by atoms with E-state index in [9.17, 15) is 60.1 Å². The Hall–Kier alpha value is -6.99. The van der Waals surface area contributed by atoms with Crippen LogP contribution in [0.5, 0.6) is 11.5 Å². The minimum Gasteiger partial charge on any atom is -0.394 e. The highest BCUT2D eigenvalue weighted by Gasteiger charge is 2.29. The smallest absolute Gasteiger partial charge is 0.394 e. The quantitative estimate of drug-likeness (QED) is 0.0178. The highest BCUT2D eigenvalue weighted by atomic mass is 19.2. The van der Waals surface area contributed by atoms with E-state index in [1.54, 1.807) is 0 Å². The number of halogens is 8. The number of carbonyl (C=O) groups excluding carboxylic acids is 1. The van der Waals surface area contributed by atoms with E-state index in [0.29, 0.717) is 24.3 Å². The van der Waals surface area contributed by atoms with Crippen LogP contribution in [0.1, 0.15) is 22.3 Å². The number of nitro benzene ring substituents is 2. The second kappa shape index (κ2) is 14.4. The van der Waals surface area contributed by atoms with Gasteiger partial charge in [0.1, 0.15) is 22.9 Å². The maximum Gasteiger partial charge on any atom is 0.519 e. The molecule has 0 aromatic heterocycles. The van der Waals surface area contributed by atoms with Crippen LogP contribution in [0.15, 0.2) is 46.6 Å². The maximum atomic E-state index is 14.7. The maximum absolute atomic E-state index is 14.7. The molecule has 256 valence electrons. The highest BCUT2D eigenvalue weighted by molar-refractivity contribution is 5.69. The molecule has 0 heterocycles. The van der Waals surface area contributed by atoms with E-state index in [1.807, 2.05) is 0 Å². The summed E-state index contributed by atoms with van der Waals surface area (Å²) in [6, 6.07) is 4.01. The molecule has 0 fully saturated rings. The van der Waals surface area contributed by atoms with Crippen molar-refractivity contribution in [3.63, 3.8) is 0 Å². The van der Waals surface area contributed by atoms with Gasteiger partial charge in [-0.05, 0) is 23.2 Å². The summed E-state index contributed by atoms with van der Waals surface area (Å²) in [6.45, 7) is 0. The fourth-order valence-electron chi connectivity index (χ4n) is 4.32. The number of azide groups is 2. The first kappa shape index (κ1) is 35.9. The van der Waals surface area contributed by atoms with Gasteiger partial charge in [0.05, 0.1) is 9.85 Å². The summed E-state index contributed by atoms with van der Waals surface area (Å²) >= 11 is 0. The molecular weight excluding hydrogens is 700 g/mol. The zero-order valence-electron chi connectivity index (χ0n) is 23.8. The highest BCUT2D eigenvalue weighted by Crippen LogP contribution is 2.36. The van der Waals surface area contributed by atoms with Crippen LogP contribution in [0.4, 0.5) is 62.7 Å². The second-order valence-corrected chi connectivity index (χ2v) is 9.45. The Labute approximate surface area is 269 Å². The topological polar surface area (TPSA) is 219 Å². The number of ether oxygens (including phenoxy) is 2. The van der Waals surface area contributed by atoms with Gasteiger partial charge in [0, 0.05) is 69.2 Å². The Morgan fingerprint density at radius 2 is 0.940 bits per heavy atom. The minimum atomic E-state index is -2.13. The predicted molar refractivity (Wildman–Crippen MR) is 149 cm³/mol. The third-order valence-corrected chi connectivity index (χ3v) is 6.58. The Kier molecular flexibility index (Phi) is 10.3. The third kappa shape index (κ3) is 6.98. The van der Waals surface area contributed by atoms with Gasteiger partial charge in [-0.25, -0.2) is 39.9 Å². The Morgan fingerprint density at radius 1 is 0.620 bits per heavy atom. The average Bonchev–Trinajstić information content (AvgIpc) is 3.08. The molecule has 0 unspecified atom stereocenters. The number of benzene rings is 4. The van der Waals surface area contributed by atoms with Gasteiger partial charge in [-0.15, -0.1) is 0 Å². The monoisotopic (exact) mass is 710 g/mol. The van der Waals surface area contributed by atoms with E-state index in [1.165, 1.54) is 0 Å². The number of hydrogen-bond donors (Lipinski definition) is 0. The summed E-state index contributed by atoms with van der Waals surface area (Å²) in [5, 5.41) is 27.7. The van der Waals surface area contributed by atoms with Crippen molar-refractivity contribution in [3.05, 3.63) is 146 Å². The molecule has 0 bridgehead atoms. The molecule has 0 aliphatic rings.